The molecule has 5 heteroatoms. The van der Waals surface area contributed by atoms with Crippen LogP contribution in [0.5, 0.6) is 0 Å². The molecule has 2 aromatic heterocycles. The largest absolute Gasteiger partial charge is 0.391 e. The highest BCUT2D eigenvalue weighted by Crippen LogP contribution is 2.33. The maximum atomic E-state index is 13.2. The van der Waals surface area contributed by atoms with E-state index in [9.17, 15) is 14.3 Å². The van der Waals surface area contributed by atoms with E-state index < -0.39 is 6.10 Å². The van der Waals surface area contributed by atoms with Gasteiger partial charge in [-0.2, -0.15) is 0 Å². The van der Waals surface area contributed by atoms with Gasteiger partial charge in [-0.15, -0.1) is 0 Å². The van der Waals surface area contributed by atoms with Crippen molar-refractivity contribution in [1.29, 1.82) is 0 Å². The standard InChI is InChI=1S/C19H17FN2O2/c20-15-6-4-13(5-7-15)18-10-17(23)12-22(18)19(24)14-9-16-3-1-2-8-21(16)11-14/h1-9,11,17-18,23H,10,12H2/t17-,18+/m0/s1. The van der Waals surface area contributed by atoms with E-state index in [1.165, 1.54) is 12.1 Å². The van der Waals surface area contributed by atoms with Gasteiger partial charge in [-0.1, -0.05) is 18.2 Å². The molecule has 0 saturated carbocycles. The molecule has 1 aromatic carbocycles. The lowest BCUT2D eigenvalue weighted by Gasteiger charge is -2.24. The number of aliphatic hydroxyl groups is 1. The number of amides is 1. The molecule has 4 nitrogen and oxygen atoms in total. The van der Waals surface area contributed by atoms with Crippen LogP contribution < -0.4 is 0 Å². The molecular formula is C19H17FN2O2. The zero-order valence-electron chi connectivity index (χ0n) is 13.0. The average Bonchev–Trinajstić information content (AvgIpc) is 3.18. The van der Waals surface area contributed by atoms with E-state index in [0.717, 1.165) is 11.1 Å². The van der Waals surface area contributed by atoms with E-state index in [0.29, 0.717) is 12.0 Å². The lowest BCUT2D eigenvalue weighted by molar-refractivity contribution is 0.0716. The van der Waals surface area contributed by atoms with Gasteiger partial charge in [0.15, 0.2) is 0 Å². The Bertz CT molecular complexity index is 855. The fourth-order valence-electron chi connectivity index (χ4n) is 3.38. The monoisotopic (exact) mass is 324 g/mol. The number of likely N-dealkylation sites (tertiary alicyclic amines) is 1. The van der Waals surface area contributed by atoms with Crippen LogP contribution in [0.25, 0.3) is 5.52 Å². The number of β-amino-alcohol motifs (C(OH)–C–C–N with tert-alkyl or cyclic N) is 1. The van der Waals surface area contributed by atoms with Crippen molar-refractivity contribution >= 4 is 11.4 Å². The highest BCUT2D eigenvalue weighted by molar-refractivity contribution is 5.96. The summed E-state index contributed by atoms with van der Waals surface area (Å²) in [7, 11) is 0. The van der Waals surface area contributed by atoms with Gasteiger partial charge in [-0.05, 0) is 42.3 Å². The molecule has 0 radical (unpaired) electrons. The van der Waals surface area contributed by atoms with Crippen LogP contribution in [-0.2, 0) is 0 Å². The number of fused-ring (bicyclic) bond motifs is 1. The van der Waals surface area contributed by atoms with Gasteiger partial charge in [-0.3, -0.25) is 4.79 Å². The average molecular weight is 324 g/mol. The van der Waals surface area contributed by atoms with Crippen molar-refractivity contribution in [2.75, 3.05) is 6.54 Å². The Morgan fingerprint density at radius 2 is 1.96 bits per heavy atom. The first kappa shape index (κ1) is 14.9. The summed E-state index contributed by atoms with van der Waals surface area (Å²) >= 11 is 0. The van der Waals surface area contributed by atoms with Crippen LogP contribution in [0, 0.1) is 5.82 Å². The Morgan fingerprint density at radius 3 is 2.71 bits per heavy atom. The van der Waals surface area contributed by atoms with Gasteiger partial charge in [0.2, 0.25) is 0 Å². The molecule has 0 spiro atoms. The number of hydrogen-bond donors (Lipinski definition) is 1. The number of benzene rings is 1. The van der Waals surface area contributed by atoms with Crippen LogP contribution in [0.3, 0.4) is 0 Å². The molecule has 4 rings (SSSR count). The number of aromatic nitrogens is 1. The van der Waals surface area contributed by atoms with Crippen molar-refractivity contribution < 1.29 is 14.3 Å². The number of aliphatic hydroxyl groups excluding tert-OH is 1. The van der Waals surface area contributed by atoms with Gasteiger partial charge >= 0.3 is 0 Å². The van der Waals surface area contributed by atoms with Crippen LogP contribution in [0.15, 0.2) is 60.9 Å². The van der Waals surface area contributed by atoms with Gasteiger partial charge in [0.05, 0.1) is 17.7 Å². The van der Waals surface area contributed by atoms with E-state index in [-0.39, 0.29) is 24.3 Å². The number of hydrogen-bond acceptors (Lipinski definition) is 2. The molecule has 0 unspecified atom stereocenters. The number of carbonyl (C=O) groups excluding carboxylic acids is 1. The van der Waals surface area contributed by atoms with E-state index in [1.807, 2.05) is 34.9 Å². The summed E-state index contributed by atoms with van der Waals surface area (Å²) in [5.74, 6) is -0.432. The molecular weight excluding hydrogens is 307 g/mol. The minimum Gasteiger partial charge on any atom is -0.391 e. The maximum absolute atomic E-state index is 13.2. The van der Waals surface area contributed by atoms with E-state index in [1.54, 1.807) is 23.2 Å². The fourth-order valence-corrected chi connectivity index (χ4v) is 3.38. The van der Waals surface area contributed by atoms with Crippen molar-refractivity contribution in [3.05, 3.63) is 77.9 Å². The lowest BCUT2D eigenvalue weighted by atomic mass is 10.0. The predicted octanol–water partition coefficient (Wildman–Crippen LogP) is 3.03. The predicted molar refractivity (Wildman–Crippen MR) is 88.2 cm³/mol. The summed E-state index contributed by atoms with van der Waals surface area (Å²) in [4.78, 5) is 14.6. The summed E-state index contributed by atoms with van der Waals surface area (Å²) in [6.45, 7) is 0.285. The van der Waals surface area contributed by atoms with Crippen molar-refractivity contribution in [2.45, 2.75) is 18.6 Å². The molecule has 1 aliphatic heterocycles. The molecule has 122 valence electrons. The summed E-state index contributed by atoms with van der Waals surface area (Å²) < 4.78 is 15.1. The molecule has 0 aliphatic carbocycles. The van der Waals surface area contributed by atoms with Crippen LogP contribution in [0.2, 0.25) is 0 Å². The first-order chi connectivity index (χ1) is 11.6. The molecule has 1 saturated heterocycles. The third-order valence-corrected chi connectivity index (χ3v) is 4.55. The second-order valence-corrected chi connectivity index (χ2v) is 6.18. The molecule has 1 amide bonds. The molecule has 24 heavy (non-hydrogen) atoms. The maximum Gasteiger partial charge on any atom is 0.256 e. The zero-order valence-corrected chi connectivity index (χ0v) is 13.0. The number of carbonyl (C=O) groups is 1. The molecule has 0 bridgehead atoms. The van der Waals surface area contributed by atoms with E-state index in [4.69, 9.17) is 0 Å². The van der Waals surface area contributed by atoms with Gasteiger partial charge in [0.25, 0.3) is 5.91 Å². The molecule has 3 heterocycles. The Kier molecular flexibility index (Phi) is 3.58. The second kappa shape index (κ2) is 5.76. The third-order valence-electron chi connectivity index (χ3n) is 4.55. The number of nitrogens with zero attached hydrogens (tertiary/aromatic N) is 2. The highest BCUT2D eigenvalue weighted by atomic mass is 19.1. The summed E-state index contributed by atoms with van der Waals surface area (Å²) in [5, 5.41) is 10.0. The molecule has 2 atom stereocenters. The smallest absolute Gasteiger partial charge is 0.256 e. The van der Waals surface area contributed by atoms with Crippen LogP contribution in [0.4, 0.5) is 4.39 Å². The van der Waals surface area contributed by atoms with Gasteiger partial charge in [0, 0.05) is 24.5 Å². The minimum atomic E-state index is -0.568. The summed E-state index contributed by atoms with van der Waals surface area (Å²) in [6.07, 6.45) is 3.58. The SMILES string of the molecule is O=C(c1cc2ccccn2c1)N1C[C@@H](O)C[C@@H]1c1ccc(F)cc1. The topological polar surface area (TPSA) is 45.0 Å². The van der Waals surface area contributed by atoms with Crippen LogP contribution in [0.1, 0.15) is 28.4 Å². The van der Waals surface area contributed by atoms with Gasteiger partial charge < -0.3 is 14.4 Å². The molecule has 3 aromatic rings. The molecule has 1 N–H and O–H groups in total. The lowest BCUT2D eigenvalue weighted by Crippen LogP contribution is -2.31. The van der Waals surface area contributed by atoms with Crippen molar-refractivity contribution in [2.24, 2.45) is 0 Å². The van der Waals surface area contributed by atoms with E-state index in [2.05, 4.69) is 0 Å². The van der Waals surface area contributed by atoms with Crippen molar-refractivity contribution in [1.82, 2.24) is 9.30 Å². The summed E-state index contributed by atoms with van der Waals surface area (Å²) in [5.41, 5.74) is 2.37. The number of rotatable bonds is 2. The Labute approximate surface area is 138 Å². The quantitative estimate of drug-likeness (QED) is 0.787. The Balaban J connectivity index is 1.67. The first-order valence-electron chi connectivity index (χ1n) is 7.93. The fraction of sp³-hybridized carbons (Fsp3) is 0.211. The highest BCUT2D eigenvalue weighted by Gasteiger charge is 2.36. The summed E-state index contributed by atoms with van der Waals surface area (Å²) in [6, 6.07) is 13.5. The Hall–Kier alpha value is -2.66. The minimum absolute atomic E-state index is 0.121. The first-order valence-corrected chi connectivity index (χ1v) is 7.93. The third kappa shape index (κ3) is 2.57. The molecule has 1 aliphatic rings. The number of halogens is 1. The molecule has 1 fully saturated rings. The van der Waals surface area contributed by atoms with Gasteiger partial charge in [-0.25, -0.2) is 4.39 Å². The van der Waals surface area contributed by atoms with Crippen molar-refractivity contribution in [3.8, 4) is 0 Å². The Morgan fingerprint density at radius 1 is 1.17 bits per heavy atom. The number of pyridine rings is 1. The van der Waals surface area contributed by atoms with Crippen molar-refractivity contribution in [3.63, 3.8) is 0 Å². The normalized spacial score (nSPS) is 20.7. The van der Waals surface area contributed by atoms with Crippen LogP contribution in [-0.4, -0.2) is 33.0 Å². The van der Waals surface area contributed by atoms with E-state index >= 15 is 0 Å². The second-order valence-electron chi connectivity index (χ2n) is 6.18. The van der Waals surface area contributed by atoms with Gasteiger partial charge in [0.1, 0.15) is 5.82 Å². The van der Waals surface area contributed by atoms with Crippen LogP contribution >= 0.6 is 0 Å². The zero-order chi connectivity index (χ0) is 16.7.